The molecule has 0 atom stereocenters. The molecule has 7 heteroatoms. The molecule has 0 saturated carbocycles. The molecule has 0 bridgehead atoms. The Morgan fingerprint density at radius 3 is 2.71 bits per heavy atom. The van der Waals surface area contributed by atoms with Gasteiger partial charge in [-0.1, -0.05) is 12.8 Å². The third-order valence-corrected chi connectivity index (χ3v) is 5.16. The van der Waals surface area contributed by atoms with Crippen LogP contribution >= 0.6 is 11.3 Å². The first kappa shape index (κ1) is 15.5. The van der Waals surface area contributed by atoms with Crippen LogP contribution in [0.3, 0.4) is 0 Å². The van der Waals surface area contributed by atoms with Crippen LogP contribution in [0.25, 0.3) is 17.0 Å². The van der Waals surface area contributed by atoms with Crippen molar-refractivity contribution in [1.29, 1.82) is 0 Å². The Hall–Kier alpha value is -1.99. The normalized spacial score (nSPS) is 16.3. The highest BCUT2D eigenvalue weighted by Gasteiger charge is 2.11. The van der Waals surface area contributed by atoms with Gasteiger partial charge in [-0.25, -0.2) is 0 Å². The summed E-state index contributed by atoms with van der Waals surface area (Å²) in [7, 11) is 0. The summed E-state index contributed by atoms with van der Waals surface area (Å²) in [6.45, 7) is 4.43. The van der Waals surface area contributed by atoms with Crippen LogP contribution in [0.2, 0.25) is 0 Å². The summed E-state index contributed by atoms with van der Waals surface area (Å²) < 4.78 is 1.82. The van der Waals surface area contributed by atoms with Crippen LogP contribution in [0.4, 0.5) is 5.82 Å². The summed E-state index contributed by atoms with van der Waals surface area (Å²) >= 11 is 1.65. The van der Waals surface area contributed by atoms with Crippen LogP contribution in [-0.2, 0) is 0 Å². The Kier molecular flexibility index (Phi) is 4.71. The zero-order valence-electron chi connectivity index (χ0n) is 13.7. The largest absolute Gasteiger partial charge is 0.367 e. The van der Waals surface area contributed by atoms with E-state index in [1.807, 2.05) is 28.1 Å². The number of thiophene rings is 1. The number of aromatic nitrogens is 4. The fourth-order valence-electron chi connectivity index (χ4n) is 3.16. The van der Waals surface area contributed by atoms with Crippen LogP contribution in [0.5, 0.6) is 0 Å². The topological polar surface area (TPSA) is 58.4 Å². The zero-order chi connectivity index (χ0) is 16.2. The van der Waals surface area contributed by atoms with E-state index < -0.39 is 0 Å². The first-order valence-electron chi connectivity index (χ1n) is 8.61. The van der Waals surface area contributed by atoms with Gasteiger partial charge in [-0.3, -0.25) is 0 Å². The van der Waals surface area contributed by atoms with E-state index in [2.05, 4.69) is 30.9 Å². The second-order valence-corrected chi connectivity index (χ2v) is 6.99. The maximum absolute atomic E-state index is 4.66. The van der Waals surface area contributed by atoms with Gasteiger partial charge in [-0.15, -0.1) is 15.3 Å². The van der Waals surface area contributed by atoms with Gasteiger partial charge >= 0.3 is 0 Å². The van der Waals surface area contributed by atoms with Gasteiger partial charge in [0.1, 0.15) is 5.82 Å². The van der Waals surface area contributed by atoms with Gasteiger partial charge in [0.25, 0.3) is 0 Å². The van der Waals surface area contributed by atoms with Gasteiger partial charge in [0, 0.05) is 24.0 Å². The SMILES string of the molecule is c1cc(-c2nnc3ccc(NCCN4CCCCCC4)nn23)cs1. The first-order valence-corrected chi connectivity index (χ1v) is 9.56. The quantitative estimate of drug-likeness (QED) is 0.772. The molecule has 0 amide bonds. The second-order valence-electron chi connectivity index (χ2n) is 6.21. The molecule has 0 unspecified atom stereocenters. The Balaban J connectivity index is 1.43. The molecule has 1 saturated heterocycles. The molecule has 0 radical (unpaired) electrons. The van der Waals surface area contributed by atoms with Crippen LogP contribution < -0.4 is 5.32 Å². The molecular weight excluding hydrogens is 320 g/mol. The van der Waals surface area contributed by atoms with E-state index in [1.54, 1.807) is 11.3 Å². The fraction of sp³-hybridized carbons (Fsp3) is 0.471. The maximum atomic E-state index is 4.66. The van der Waals surface area contributed by atoms with Gasteiger partial charge < -0.3 is 10.2 Å². The predicted octanol–water partition coefficient (Wildman–Crippen LogP) is 3.14. The summed E-state index contributed by atoms with van der Waals surface area (Å²) in [5.41, 5.74) is 1.83. The molecule has 0 aliphatic carbocycles. The molecule has 1 aliphatic rings. The monoisotopic (exact) mass is 342 g/mol. The molecule has 4 heterocycles. The van der Waals surface area contributed by atoms with Crippen LogP contribution in [0, 0.1) is 0 Å². The summed E-state index contributed by atoms with van der Waals surface area (Å²) in [6.07, 6.45) is 5.41. The van der Waals surface area contributed by atoms with E-state index in [0.29, 0.717) is 0 Å². The zero-order valence-corrected chi connectivity index (χ0v) is 14.5. The van der Waals surface area contributed by atoms with Gasteiger partial charge in [-0.05, 0) is 49.5 Å². The molecule has 3 aromatic rings. The predicted molar refractivity (Wildman–Crippen MR) is 97.5 cm³/mol. The van der Waals surface area contributed by atoms with E-state index in [0.717, 1.165) is 35.9 Å². The molecule has 0 aromatic carbocycles. The van der Waals surface area contributed by atoms with Crippen molar-refractivity contribution < 1.29 is 0 Å². The number of rotatable bonds is 5. The summed E-state index contributed by atoms with van der Waals surface area (Å²) in [4.78, 5) is 2.55. The van der Waals surface area contributed by atoms with E-state index in [-0.39, 0.29) is 0 Å². The summed E-state index contributed by atoms with van der Waals surface area (Å²) in [6, 6.07) is 5.98. The van der Waals surface area contributed by atoms with Crippen molar-refractivity contribution in [2.24, 2.45) is 0 Å². The van der Waals surface area contributed by atoms with E-state index >= 15 is 0 Å². The van der Waals surface area contributed by atoms with Crippen molar-refractivity contribution >= 4 is 22.8 Å². The van der Waals surface area contributed by atoms with Gasteiger partial charge in [0.05, 0.1) is 0 Å². The molecule has 126 valence electrons. The minimum atomic E-state index is 0.772. The van der Waals surface area contributed by atoms with Crippen molar-refractivity contribution in [2.75, 3.05) is 31.5 Å². The minimum absolute atomic E-state index is 0.772. The lowest BCUT2D eigenvalue weighted by molar-refractivity contribution is 0.296. The number of hydrogen-bond donors (Lipinski definition) is 1. The maximum Gasteiger partial charge on any atom is 0.186 e. The Bertz CT molecular complexity index is 774. The van der Waals surface area contributed by atoms with E-state index in [1.165, 1.54) is 38.8 Å². The molecule has 4 rings (SSSR count). The highest BCUT2D eigenvalue weighted by atomic mass is 32.1. The van der Waals surface area contributed by atoms with Gasteiger partial charge in [0.15, 0.2) is 11.5 Å². The number of likely N-dealkylation sites (tertiary alicyclic amines) is 1. The van der Waals surface area contributed by atoms with Crippen molar-refractivity contribution in [3.05, 3.63) is 29.0 Å². The van der Waals surface area contributed by atoms with Crippen molar-refractivity contribution in [3.63, 3.8) is 0 Å². The summed E-state index contributed by atoms with van der Waals surface area (Å²) in [5, 5.41) is 20.7. The molecule has 24 heavy (non-hydrogen) atoms. The van der Waals surface area contributed by atoms with E-state index in [9.17, 15) is 0 Å². The molecule has 1 N–H and O–H groups in total. The Morgan fingerprint density at radius 1 is 1.04 bits per heavy atom. The first-order chi connectivity index (χ1) is 11.9. The molecule has 1 fully saturated rings. The van der Waals surface area contributed by atoms with Crippen LogP contribution in [-0.4, -0.2) is 50.9 Å². The molecule has 6 nitrogen and oxygen atoms in total. The lowest BCUT2D eigenvalue weighted by atomic mass is 10.2. The highest BCUT2D eigenvalue weighted by Crippen LogP contribution is 2.20. The third-order valence-electron chi connectivity index (χ3n) is 4.48. The standard InChI is InChI=1S/C17H22N6S/c1-2-4-10-22(9-3-1)11-8-18-15-5-6-16-19-20-17(23(16)21-15)14-7-12-24-13-14/h5-7,12-13H,1-4,8-11H2,(H,18,21). The summed E-state index contributed by atoms with van der Waals surface area (Å²) in [5.74, 6) is 1.66. The lowest BCUT2D eigenvalue weighted by Crippen LogP contribution is -2.30. The second kappa shape index (κ2) is 7.27. The van der Waals surface area contributed by atoms with Crippen molar-refractivity contribution in [1.82, 2.24) is 24.7 Å². The molecule has 3 aromatic heterocycles. The smallest absolute Gasteiger partial charge is 0.186 e. The Morgan fingerprint density at radius 2 is 1.92 bits per heavy atom. The highest BCUT2D eigenvalue weighted by molar-refractivity contribution is 7.08. The number of hydrogen-bond acceptors (Lipinski definition) is 6. The minimum Gasteiger partial charge on any atom is -0.367 e. The number of fused-ring (bicyclic) bond motifs is 1. The van der Waals surface area contributed by atoms with Crippen molar-refractivity contribution in [2.45, 2.75) is 25.7 Å². The van der Waals surface area contributed by atoms with Crippen LogP contribution in [0.1, 0.15) is 25.7 Å². The molecule has 1 aliphatic heterocycles. The number of nitrogens with one attached hydrogen (secondary N) is 1. The lowest BCUT2D eigenvalue weighted by Gasteiger charge is -2.19. The van der Waals surface area contributed by atoms with Crippen LogP contribution in [0.15, 0.2) is 29.0 Å². The Labute approximate surface area is 145 Å². The van der Waals surface area contributed by atoms with Gasteiger partial charge in [-0.2, -0.15) is 15.9 Å². The number of nitrogens with zero attached hydrogens (tertiary/aromatic N) is 5. The van der Waals surface area contributed by atoms with Gasteiger partial charge in [0.2, 0.25) is 0 Å². The van der Waals surface area contributed by atoms with Crippen molar-refractivity contribution in [3.8, 4) is 11.4 Å². The molecular formula is C17H22N6S. The average molecular weight is 342 g/mol. The third kappa shape index (κ3) is 3.42. The average Bonchev–Trinajstić information content (AvgIpc) is 3.19. The fourth-order valence-corrected chi connectivity index (χ4v) is 3.79. The van der Waals surface area contributed by atoms with E-state index in [4.69, 9.17) is 0 Å². The molecule has 0 spiro atoms. The number of anilines is 1.